The molecular weight excluding hydrogens is 431 g/mol. The normalized spacial score (nSPS) is 24.0. The molecule has 1 N–H and O–H groups in total. The monoisotopic (exact) mass is 462 g/mol. The van der Waals surface area contributed by atoms with Crippen LogP contribution in [0.2, 0.25) is 0 Å². The van der Waals surface area contributed by atoms with Crippen LogP contribution in [0.3, 0.4) is 0 Å². The molecule has 0 aromatic carbocycles. The lowest BCUT2D eigenvalue weighted by Gasteiger charge is -2.22. The van der Waals surface area contributed by atoms with Gasteiger partial charge >= 0.3 is 0 Å². The lowest BCUT2D eigenvalue weighted by Crippen LogP contribution is -2.40. The molecule has 136 valence electrons. The fourth-order valence-corrected chi connectivity index (χ4v) is 4.65. The molecule has 1 saturated heterocycles. The van der Waals surface area contributed by atoms with E-state index in [0.29, 0.717) is 12.5 Å². The molecule has 1 saturated carbocycles. The zero-order valence-electron chi connectivity index (χ0n) is 15.1. The minimum absolute atomic E-state index is 0. The van der Waals surface area contributed by atoms with Gasteiger partial charge in [-0.3, -0.25) is 0 Å². The van der Waals surface area contributed by atoms with Crippen LogP contribution in [0.15, 0.2) is 10.4 Å². The molecule has 1 aliphatic carbocycles. The number of hydrogen-bond donors (Lipinski definition) is 1. The quantitative estimate of drug-likeness (QED) is 0.408. The first-order valence-electron chi connectivity index (χ1n) is 9.15. The zero-order chi connectivity index (χ0) is 16.2. The Kier molecular flexibility index (Phi) is 7.78. The molecule has 24 heavy (non-hydrogen) atoms. The van der Waals surface area contributed by atoms with Gasteiger partial charge in [-0.15, -0.1) is 35.3 Å². The molecule has 6 heteroatoms. The molecule has 1 aromatic heterocycles. The number of nitrogens with zero attached hydrogens (tertiary/aromatic N) is 3. The smallest absolute Gasteiger partial charge is 0.194 e. The number of aliphatic imine (C=N–C) groups is 1. The van der Waals surface area contributed by atoms with Crippen molar-refractivity contribution in [1.29, 1.82) is 0 Å². The largest absolute Gasteiger partial charge is 0.357 e. The van der Waals surface area contributed by atoms with Crippen molar-refractivity contribution in [3.05, 3.63) is 16.1 Å². The maximum absolute atomic E-state index is 4.87. The van der Waals surface area contributed by atoms with Gasteiger partial charge in [0, 0.05) is 30.9 Å². The molecule has 2 fully saturated rings. The average molecular weight is 462 g/mol. The highest BCUT2D eigenvalue weighted by Crippen LogP contribution is 2.36. The summed E-state index contributed by atoms with van der Waals surface area (Å²) in [6.07, 6.45) is 5.65. The Balaban J connectivity index is 0.00000208. The molecule has 2 heterocycles. The Morgan fingerprint density at radius 2 is 2.00 bits per heavy atom. The Morgan fingerprint density at radius 3 is 2.54 bits per heavy atom. The van der Waals surface area contributed by atoms with Gasteiger partial charge < -0.3 is 10.2 Å². The third-order valence-electron chi connectivity index (χ3n) is 5.06. The predicted octanol–water partition coefficient (Wildman–Crippen LogP) is 4.47. The van der Waals surface area contributed by atoms with Gasteiger partial charge in [-0.25, -0.2) is 9.98 Å². The van der Waals surface area contributed by atoms with Crippen molar-refractivity contribution in [2.75, 3.05) is 19.6 Å². The summed E-state index contributed by atoms with van der Waals surface area (Å²) in [6, 6.07) is 0. The summed E-state index contributed by atoms with van der Waals surface area (Å²) in [5.74, 6) is 3.37. The van der Waals surface area contributed by atoms with E-state index in [9.17, 15) is 0 Å². The number of halogens is 1. The van der Waals surface area contributed by atoms with E-state index in [0.717, 1.165) is 30.0 Å². The van der Waals surface area contributed by atoms with Crippen molar-refractivity contribution in [2.45, 2.75) is 58.9 Å². The van der Waals surface area contributed by atoms with Crippen LogP contribution >= 0.6 is 35.3 Å². The van der Waals surface area contributed by atoms with Crippen LogP contribution < -0.4 is 5.32 Å². The summed E-state index contributed by atoms with van der Waals surface area (Å²) in [5.41, 5.74) is 1.10. The second-order valence-corrected chi connectivity index (χ2v) is 8.10. The highest BCUT2D eigenvalue weighted by Gasteiger charge is 2.35. The summed E-state index contributed by atoms with van der Waals surface area (Å²) >= 11 is 1.76. The highest BCUT2D eigenvalue weighted by molar-refractivity contribution is 14.0. The van der Waals surface area contributed by atoms with E-state index in [1.807, 2.05) is 0 Å². The Hall–Kier alpha value is -0.370. The number of guanidine groups is 1. The fraction of sp³-hybridized carbons (Fsp3) is 0.778. The summed E-state index contributed by atoms with van der Waals surface area (Å²) < 4.78 is 0. The summed E-state index contributed by atoms with van der Waals surface area (Å²) in [4.78, 5) is 12.1. The van der Waals surface area contributed by atoms with Crippen molar-refractivity contribution >= 4 is 41.3 Å². The number of fused-ring (bicyclic) bond motifs is 1. The Bertz CT molecular complexity index is 529. The molecule has 4 nitrogen and oxygen atoms in total. The Labute approximate surface area is 167 Å². The van der Waals surface area contributed by atoms with Crippen molar-refractivity contribution in [1.82, 2.24) is 15.2 Å². The SMILES string of the molecule is CCNC(=NCc1csc(C(C)C)n1)N1CC2CCCCC2C1.I. The predicted molar refractivity (Wildman–Crippen MR) is 113 cm³/mol. The number of rotatable bonds is 4. The van der Waals surface area contributed by atoms with Crippen molar-refractivity contribution in [2.24, 2.45) is 16.8 Å². The van der Waals surface area contributed by atoms with Crippen molar-refractivity contribution < 1.29 is 0 Å². The lowest BCUT2D eigenvalue weighted by atomic mass is 9.82. The van der Waals surface area contributed by atoms with Crippen LogP contribution in [0.5, 0.6) is 0 Å². The third kappa shape index (κ3) is 4.84. The van der Waals surface area contributed by atoms with Crippen LogP contribution in [0.1, 0.15) is 63.1 Å². The molecule has 1 aliphatic heterocycles. The zero-order valence-corrected chi connectivity index (χ0v) is 18.3. The van der Waals surface area contributed by atoms with Crippen LogP contribution in [0, 0.1) is 11.8 Å². The van der Waals surface area contributed by atoms with Gasteiger partial charge in [0.15, 0.2) is 5.96 Å². The summed E-state index contributed by atoms with van der Waals surface area (Å²) in [5, 5.41) is 6.86. The molecule has 0 radical (unpaired) electrons. The summed E-state index contributed by atoms with van der Waals surface area (Å²) in [7, 11) is 0. The molecule has 0 amide bonds. The minimum Gasteiger partial charge on any atom is -0.357 e. The van der Waals surface area contributed by atoms with Crippen molar-refractivity contribution in [3.8, 4) is 0 Å². The number of nitrogens with one attached hydrogen (secondary N) is 1. The van der Waals surface area contributed by atoms with Crippen molar-refractivity contribution in [3.63, 3.8) is 0 Å². The lowest BCUT2D eigenvalue weighted by molar-refractivity contribution is 0.299. The van der Waals surface area contributed by atoms with Gasteiger partial charge in [-0.05, 0) is 31.6 Å². The maximum Gasteiger partial charge on any atom is 0.194 e. The molecule has 2 aliphatic rings. The first-order valence-corrected chi connectivity index (χ1v) is 10.0. The summed E-state index contributed by atoms with van der Waals surface area (Å²) in [6.45, 7) is 10.5. The molecule has 2 unspecified atom stereocenters. The van der Waals surface area contributed by atoms with Gasteiger partial charge in [0.25, 0.3) is 0 Å². The van der Waals surface area contributed by atoms with E-state index in [-0.39, 0.29) is 24.0 Å². The number of thiazole rings is 1. The van der Waals surface area contributed by atoms with Crippen LogP contribution in [-0.4, -0.2) is 35.5 Å². The molecule has 0 bridgehead atoms. The van der Waals surface area contributed by atoms with Crippen LogP contribution in [0.4, 0.5) is 0 Å². The fourth-order valence-electron chi connectivity index (χ4n) is 3.82. The van der Waals surface area contributed by atoms with E-state index in [1.165, 1.54) is 43.8 Å². The van der Waals surface area contributed by atoms with E-state index >= 15 is 0 Å². The maximum atomic E-state index is 4.87. The first kappa shape index (κ1) is 19.9. The average Bonchev–Trinajstić information content (AvgIpc) is 3.17. The second kappa shape index (κ2) is 9.36. The number of aromatic nitrogens is 1. The third-order valence-corrected chi connectivity index (χ3v) is 6.26. The molecule has 0 spiro atoms. The topological polar surface area (TPSA) is 40.5 Å². The van der Waals surface area contributed by atoms with Crippen LogP contribution in [0.25, 0.3) is 0 Å². The van der Waals surface area contributed by atoms with E-state index in [1.54, 1.807) is 11.3 Å². The molecular formula is C18H31IN4S. The highest BCUT2D eigenvalue weighted by atomic mass is 127. The van der Waals surface area contributed by atoms with E-state index in [2.05, 4.69) is 36.4 Å². The van der Waals surface area contributed by atoms with Gasteiger partial charge in [0.05, 0.1) is 17.2 Å². The first-order chi connectivity index (χ1) is 11.2. The number of likely N-dealkylation sites (tertiary alicyclic amines) is 1. The van der Waals surface area contributed by atoms with E-state index in [4.69, 9.17) is 9.98 Å². The van der Waals surface area contributed by atoms with E-state index < -0.39 is 0 Å². The minimum atomic E-state index is 0. The van der Waals surface area contributed by atoms with Gasteiger partial charge in [-0.1, -0.05) is 26.7 Å². The molecule has 3 rings (SSSR count). The molecule has 1 aromatic rings. The van der Waals surface area contributed by atoms with Gasteiger partial charge in [-0.2, -0.15) is 0 Å². The van der Waals surface area contributed by atoms with Gasteiger partial charge in [0.2, 0.25) is 0 Å². The Morgan fingerprint density at radius 1 is 1.33 bits per heavy atom. The standard InChI is InChI=1S/C18H30N4S.HI/c1-4-19-18(20-9-16-12-23-17(21-16)13(2)3)22-10-14-7-5-6-8-15(14)11-22;/h12-15H,4-11H2,1-3H3,(H,19,20);1H. The second-order valence-electron chi connectivity index (χ2n) is 7.21. The molecule has 2 atom stereocenters. The number of hydrogen-bond acceptors (Lipinski definition) is 3. The van der Waals surface area contributed by atoms with Gasteiger partial charge in [0.1, 0.15) is 0 Å². The van der Waals surface area contributed by atoms with Crippen LogP contribution in [-0.2, 0) is 6.54 Å².